The number of fused-ring (bicyclic) bond motifs is 1. The molecule has 1 fully saturated rings. The number of primary amides is 1. The standard InChI is InChI=1S/C27H24F3N5O4/c1-14(15-4-3-5-19(10-15)39-27(28,29)30)33-25(37)21-11-17(13-32-26(21)38-2)16-6-9-20-22(12-16)35(18-7-8-18)34-23(20)24(31)36/h3-6,9-14,18H,7-8H2,1-2H3,(H2,31,36)(H,33,37)/t14-/m1/s1/i1D,2D. The summed E-state index contributed by atoms with van der Waals surface area (Å²) in [6, 6.07) is 11.0. The minimum absolute atomic E-state index is 0.0375. The molecule has 1 saturated carbocycles. The van der Waals surface area contributed by atoms with E-state index in [1.54, 1.807) is 16.8 Å². The number of nitrogens with zero attached hydrogens (tertiary/aromatic N) is 3. The number of nitrogens with one attached hydrogen (secondary N) is 1. The van der Waals surface area contributed by atoms with Gasteiger partial charge < -0.3 is 20.5 Å². The number of methoxy groups -OCH3 is 1. The van der Waals surface area contributed by atoms with Crippen LogP contribution in [0, 0.1) is 0 Å². The molecule has 0 saturated heterocycles. The van der Waals surface area contributed by atoms with E-state index >= 15 is 0 Å². The number of alkyl halides is 3. The number of hydrogen-bond donors (Lipinski definition) is 2. The summed E-state index contributed by atoms with van der Waals surface area (Å²) in [6.45, 7) is -0.382. The fraction of sp³-hybridized carbons (Fsp3) is 0.259. The predicted molar refractivity (Wildman–Crippen MR) is 135 cm³/mol. The number of carbonyl (C=O) groups is 2. The average Bonchev–Trinajstić information content (AvgIpc) is 3.70. The lowest BCUT2D eigenvalue weighted by Crippen LogP contribution is -2.27. The quantitative estimate of drug-likeness (QED) is 0.326. The Morgan fingerprint density at radius 1 is 1.18 bits per heavy atom. The maximum absolute atomic E-state index is 13.4. The lowest BCUT2D eigenvalue weighted by molar-refractivity contribution is -0.274. The summed E-state index contributed by atoms with van der Waals surface area (Å²) in [6.07, 6.45) is -1.58. The number of hydrogen-bond acceptors (Lipinski definition) is 6. The van der Waals surface area contributed by atoms with Gasteiger partial charge in [0.15, 0.2) is 5.69 Å². The minimum atomic E-state index is -4.90. The minimum Gasteiger partial charge on any atom is -0.480 e. The molecule has 2 aromatic carbocycles. The number of benzene rings is 2. The van der Waals surface area contributed by atoms with Crippen LogP contribution in [0.25, 0.3) is 22.0 Å². The van der Waals surface area contributed by atoms with E-state index in [1.807, 2.05) is 6.07 Å². The van der Waals surface area contributed by atoms with Crippen LogP contribution in [-0.4, -0.2) is 40.0 Å². The Morgan fingerprint density at radius 3 is 2.69 bits per heavy atom. The third-order valence-corrected chi connectivity index (χ3v) is 6.20. The van der Waals surface area contributed by atoms with E-state index in [2.05, 4.69) is 20.1 Å². The van der Waals surface area contributed by atoms with E-state index in [9.17, 15) is 22.8 Å². The monoisotopic (exact) mass is 541 g/mol. The van der Waals surface area contributed by atoms with Crippen LogP contribution in [0.4, 0.5) is 13.2 Å². The molecule has 4 aromatic rings. The van der Waals surface area contributed by atoms with E-state index in [0.29, 0.717) is 22.0 Å². The summed E-state index contributed by atoms with van der Waals surface area (Å²) in [5.41, 5.74) is 7.75. The van der Waals surface area contributed by atoms with Gasteiger partial charge in [0.2, 0.25) is 5.88 Å². The van der Waals surface area contributed by atoms with Crippen molar-refractivity contribution >= 4 is 22.7 Å². The van der Waals surface area contributed by atoms with Gasteiger partial charge in [0, 0.05) is 18.5 Å². The summed E-state index contributed by atoms with van der Waals surface area (Å²) in [4.78, 5) is 29.5. The van der Waals surface area contributed by atoms with Crippen molar-refractivity contribution < 1.29 is 35.0 Å². The molecule has 12 heteroatoms. The third-order valence-electron chi connectivity index (χ3n) is 6.20. The van der Waals surface area contributed by atoms with Crippen molar-refractivity contribution in [3.05, 3.63) is 71.5 Å². The number of nitrogens with two attached hydrogens (primary N) is 1. The van der Waals surface area contributed by atoms with Gasteiger partial charge in [0.1, 0.15) is 11.3 Å². The Balaban J connectivity index is 1.47. The third kappa shape index (κ3) is 5.49. The maximum atomic E-state index is 13.4. The van der Waals surface area contributed by atoms with Gasteiger partial charge >= 0.3 is 6.36 Å². The summed E-state index contributed by atoms with van der Waals surface area (Å²) >= 11 is 0. The fourth-order valence-corrected chi connectivity index (χ4v) is 4.23. The lowest BCUT2D eigenvalue weighted by atomic mass is 10.0. The Kier molecular flexibility index (Phi) is 5.99. The zero-order valence-electron chi connectivity index (χ0n) is 22.4. The number of halogens is 3. The first-order valence-electron chi connectivity index (χ1n) is 13.2. The highest BCUT2D eigenvalue weighted by Gasteiger charge is 2.31. The molecule has 2 aromatic heterocycles. The first-order chi connectivity index (χ1) is 19.6. The van der Waals surface area contributed by atoms with E-state index in [4.69, 9.17) is 13.2 Å². The van der Waals surface area contributed by atoms with Gasteiger partial charge in [-0.3, -0.25) is 14.3 Å². The molecular formula is C27H24F3N5O4. The molecule has 9 nitrogen and oxygen atoms in total. The van der Waals surface area contributed by atoms with E-state index in [0.717, 1.165) is 25.0 Å². The Morgan fingerprint density at radius 2 is 2.00 bits per heavy atom. The Bertz CT molecular complexity index is 1620. The molecule has 5 rings (SSSR count). The number of ether oxygens (including phenoxy) is 2. The fourth-order valence-electron chi connectivity index (χ4n) is 4.23. The number of pyridine rings is 1. The van der Waals surface area contributed by atoms with Crippen LogP contribution in [0.3, 0.4) is 0 Å². The van der Waals surface area contributed by atoms with Crippen molar-refractivity contribution in [2.75, 3.05) is 7.09 Å². The molecule has 1 aliphatic rings. The predicted octanol–water partition coefficient (Wildman–Crippen LogP) is 4.93. The van der Waals surface area contributed by atoms with Gasteiger partial charge in [-0.15, -0.1) is 13.2 Å². The molecule has 0 aliphatic heterocycles. The molecule has 2 amide bonds. The maximum Gasteiger partial charge on any atom is 0.573 e. The van der Waals surface area contributed by atoms with Crippen LogP contribution in [0.1, 0.15) is 61.0 Å². The van der Waals surface area contributed by atoms with Crippen molar-refractivity contribution in [3.8, 4) is 22.8 Å². The van der Waals surface area contributed by atoms with Gasteiger partial charge in [-0.1, -0.05) is 18.2 Å². The normalized spacial score (nSPS) is 14.8. The molecule has 0 radical (unpaired) electrons. The van der Waals surface area contributed by atoms with Crippen molar-refractivity contribution in [3.63, 3.8) is 0 Å². The number of rotatable bonds is 8. The van der Waals surface area contributed by atoms with Gasteiger partial charge in [-0.2, -0.15) is 5.10 Å². The number of aromatic nitrogens is 3. The first-order valence-corrected chi connectivity index (χ1v) is 11.8. The van der Waals surface area contributed by atoms with Crippen molar-refractivity contribution in [2.24, 2.45) is 5.73 Å². The second-order valence-corrected chi connectivity index (χ2v) is 8.99. The van der Waals surface area contributed by atoms with Crippen LogP contribution in [0.5, 0.6) is 11.6 Å². The molecule has 0 unspecified atom stereocenters. The summed E-state index contributed by atoms with van der Waals surface area (Å²) < 4.78 is 64.3. The van der Waals surface area contributed by atoms with Crippen LogP contribution in [0.15, 0.2) is 54.7 Å². The van der Waals surface area contributed by atoms with Crippen LogP contribution >= 0.6 is 0 Å². The molecule has 202 valence electrons. The second kappa shape index (κ2) is 9.93. The summed E-state index contributed by atoms with van der Waals surface area (Å²) in [5, 5.41) is 7.63. The SMILES string of the molecule is [2H]COc1ncc(-c2ccc3c(C(N)=O)nn(C4CC4)c3c2)cc1C(=O)N[C@H](C[2H])c1cccc(OC(F)(F)F)c1. The number of amides is 2. The highest BCUT2D eigenvalue weighted by Crippen LogP contribution is 2.39. The highest BCUT2D eigenvalue weighted by atomic mass is 19.4. The van der Waals surface area contributed by atoms with E-state index in [-0.39, 0.29) is 35.6 Å². The van der Waals surface area contributed by atoms with Crippen LogP contribution in [0.2, 0.25) is 0 Å². The van der Waals surface area contributed by atoms with Crippen LogP contribution in [-0.2, 0) is 0 Å². The summed E-state index contributed by atoms with van der Waals surface area (Å²) in [7, 11) is -0.520. The van der Waals surface area contributed by atoms with Crippen LogP contribution < -0.4 is 20.5 Å². The van der Waals surface area contributed by atoms with Crippen molar-refractivity contribution in [1.29, 1.82) is 0 Å². The van der Waals surface area contributed by atoms with Gasteiger partial charge in [-0.05, 0) is 61.2 Å². The molecular weight excluding hydrogens is 515 g/mol. The van der Waals surface area contributed by atoms with Gasteiger partial charge in [0.05, 0.1) is 26.1 Å². The second-order valence-electron chi connectivity index (χ2n) is 8.99. The lowest BCUT2D eigenvalue weighted by Gasteiger charge is -2.17. The molecule has 1 aliphatic carbocycles. The Labute approximate surface area is 223 Å². The molecule has 0 bridgehead atoms. The molecule has 2 heterocycles. The molecule has 3 N–H and O–H groups in total. The van der Waals surface area contributed by atoms with Crippen molar-refractivity contribution in [2.45, 2.75) is 38.2 Å². The smallest absolute Gasteiger partial charge is 0.480 e. The number of carbonyl (C=O) groups excluding carboxylic acids is 2. The zero-order valence-corrected chi connectivity index (χ0v) is 20.4. The highest BCUT2D eigenvalue weighted by molar-refractivity contribution is 6.05. The Hall–Kier alpha value is -4.61. The topological polar surface area (TPSA) is 121 Å². The largest absolute Gasteiger partial charge is 0.573 e. The van der Waals surface area contributed by atoms with E-state index in [1.165, 1.54) is 24.4 Å². The average molecular weight is 542 g/mol. The van der Waals surface area contributed by atoms with Crippen molar-refractivity contribution in [1.82, 2.24) is 20.1 Å². The zero-order chi connectivity index (χ0) is 29.3. The molecule has 1 atom stereocenters. The summed E-state index contributed by atoms with van der Waals surface area (Å²) in [5.74, 6) is -1.95. The molecule has 39 heavy (non-hydrogen) atoms. The van der Waals surface area contributed by atoms with Gasteiger partial charge in [0.25, 0.3) is 11.8 Å². The molecule has 0 spiro atoms. The van der Waals surface area contributed by atoms with E-state index < -0.39 is 37.1 Å². The van der Waals surface area contributed by atoms with Gasteiger partial charge in [-0.25, -0.2) is 4.98 Å². The first kappa shape index (κ1) is 23.5.